The Hall–Kier alpha value is -0.900. The van der Waals surface area contributed by atoms with Gasteiger partial charge in [-0.3, -0.25) is 0 Å². The molecule has 14 heavy (non-hydrogen) atoms. The molecule has 0 fully saturated rings. The summed E-state index contributed by atoms with van der Waals surface area (Å²) in [7, 11) is 1.23. The van der Waals surface area contributed by atoms with Crippen LogP contribution in [0.2, 0.25) is 0 Å². The lowest BCUT2D eigenvalue weighted by atomic mass is 10.1. The Morgan fingerprint density at radius 2 is 2.21 bits per heavy atom. The van der Waals surface area contributed by atoms with Gasteiger partial charge >= 0.3 is 5.97 Å². The molecule has 0 N–H and O–H groups in total. The van der Waals surface area contributed by atoms with Gasteiger partial charge in [0, 0.05) is 4.47 Å². The summed E-state index contributed by atoms with van der Waals surface area (Å²) in [5, 5.41) is 0. The second-order valence-electron chi connectivity index (χ2n) is 2.77. The van der Waals surface area contributed by atoms with Crippen LogP contribution >= 0.6 is 15.9 Å². The highest BCUT2D eigenvalue weighted by molar-refractivity contribution is 9.10. The van der Waals surface area contributed by atoms with E-state index in [1.807, 2.05) is 6.92 Å². The molecule has 0 bridgehead atoms. The average molecular weight is 261 g/mol. The van der Waals surface area contributed by atoms with E-state index in [2.05, 4.69) is 20.7 Å². The number of halogens is 2. The lowest BCUT2D eigenvalue weighted by molar-refractivity contribution is 0.0595. The molecule has 1 aromatic rings. The normalized spacial score (nSPS) is 10.0. The van der Waals surface area contributed by atoms with Gasteiger partial charge in [0.15, 0.2) is 0 Å². The van der Waals surface area contributed by atoms with Crippen LogP contribution in [0.5, 0.6) is 0 Å². The van der Waals surface area contributed by atoms with Gasteiger partial charge in [0.05, 0.1) is 12.7 Å². The van der Waals surface area contributed by atoms with Crippen LogP contribution in [0.4, 0.5) is 4.39 Å². The van der Waals surface area contributed by atoms with Crippen molar-refractivity contribution in [3.05, 3.63) is 33.5 Å². The van der Waals surface area contributed by atoms with Gasteiger partial charge in [-0.15, -0.1) is 0 Å². The van der Waals surface area contributed by atoms with Crippen molar-refractivity contribution in [3.63, 3.8) is 0 Å². The highest BCUT2D eigenvalue weighted by Gasteiger charge is 2.14. The quantitative estimate of drug-likeness (QED) is 0.765. The summed E-state index contributed by atoms with van der Waals surface area (Å²) in [6.45, 7) is 1.91. The number of benzene rings is 1. The van der Waals surface area contributed by atoms with Gasteiger partial charge in [-0.05, 0) is 24.1 Å². The van der Waals surface area contributed by atoms with Crippen LogP contribution in [0.15, 0.2) is 16.6 Å². The van der Waals surface area contributed by atoms with E-state index in [9.17, 15) is 9.18 Å². The van der Waals surface area contributed by atoms with E-state index >= 15 is 0 Å². The molecule has 0 aromatic heterocycles. The number of aryl methyl sites for hydroxylation is 1. The third-order valence-corrected chi connectivity index (χ3v) is 2.66. The summed E-state index contributed by atoms with van der Waals surface area (Å²) in [5.74, 6) is -1.21. The Bertz CT molecular complexity index is 363. The zero-order chi connectivity index (χ0) is 10.7. The number of esters is 1. The number of hydrogen-bond acceptors (Lipinski definition) is 2. The van der Waals surface area contributed by atoms with Crippen LogP contribution in [-0.4, -0.2) is 13.1 Å². The first-order valence-corrected chi connectivity index (χ1v) is 4.95. The Morgan fingerprint density at radius 3 is 2.71 bits per heavy atom. The maximum Gasteiger partial charge on any atom is 0.340 e. The molecular weight excluding hydrogens is 251 g/mol. The van der Waals surface area contributed by atoms with E-state index in [-0.39, 0.29) is 5.56 Å². The van der Waals surface area contributed by atoms with Crippen molar-refractivity contribution in [2.24, 2.45) is 0 Å². The maximum atomic E-state index is 13.3. The van der Waals surface area contributed by atoms with Gasteiger partial charge in [-0.25, -0.2) is 9.18 Å². The monoisotopic (exact) mass is 260 g/mol. The fourth-order valence-corrected chi connectivity index (χ4v) is 1.75. The first-order valence-electron chi connectivity index (χ1n) is 4.16. The molecule has 1 aromatic carbocycles. The second kappa shape index (κ2) is 4.55. The number of carbonyl (C=O) groups excluding carboxylic acids is 1. The minimum Gasteiger partial charge on any atom is -0.465 e. The lowest BCUT2D eigenvalue weighted by Gasteiger charge is -2.05. The van der Waals surface area contributed by atoms with Crippen molar-refractivity contribution in [3.8, 4) is 0 Å². The predicted molar refractivity (Wildman–Crippen MR) is 54.8 cm³/mol. The molecule has 0 spiro atoms. The number of carbonyl (C=O) groups is 1. The molecule has 0 unspecified atom stereocenters. The van der Waals surface area contributed by atoms with E-state index in [4.69, 9.17) is 0 Å². The Balaban J connectivity index is 3.21. The summed E-state index contributed by atoms with van der Waals surface area (Å²) in [5.41, 5.74) is 0.784. The molecule has 0 aliphatic heterocycles. The van der Waals surface area contributed by atoms with E-state index in [1.165, 1.54) is 19.2 Å². The largest absolute Gasteiger partial charge is 0.465 e. The third kappa shape index (κ3) is 2.12. The summed E-state index contributed by atoms with van der Waals surface area (Å²) in [6, 6.07) is 2.79. The molecule has 4 heteroatoms. The zero-order valence-electron chi connectivity index (χ0n) is 7.93. The van der Waals surface area contributed by atoms with Crippen LogP contribution in [0, 0.1) is 5.82 Å². The summed E-state index contributed by atoms with van der Waals surface area (Å²) >= 11 is 3.26. The Labute approximate surface area is 90.2 Å². The van der Waals surface area contributed by atoms with E-state index in [0.29, 0.717) is 6.42 Å². The molecule has 2 nitrogen and oxygen atoms in total. The van der Waals surface area contributed by atoms with Gasteiger partial charge in [-0.2, -0.15) is 0 Å². The average Bonchev–Trinajstić information content (AvgIpc) is 2.19. The minimum atomic E-state index is -0.661. The van der Waals surface area contributed by atoms with E-state index in [1.54, 1.807) is 0 Å². The van der Waals surface area contributed by atoms with Crippen LogP contribution in [-0.2, 0) is 11.2 Å². The fourth-order valence-electron chi connectivity index (χ4n) is 1.13. The molecule has 1 rings (SSSR count). The van der Waals surface area contributed by atoms with Crippen LogP contribution in [0.1, 0.15) is 22.8 Å². The van der Waals surface area contributed by atoms with Gasteiger partial charge in [0.2, 0.25) is 0 Å². The molecule has 0 saturated heterocycles. The van der Waals surface area contributed by atoms with Crippen molar-refractivity contribution in [2.45, 2.75) is 13.3 Å². The van der Waals surface area contributed by atoms with Crippen LogP contribution in [0.25, 0.3) is 0 Å². The van der Waals surface area contributed by atoms with Crippen LogP contribution in [0.3, 0.4) is 0 Å². The first kappa shape index (κ1) is 11.2. The van der Waals surface area contributed by atoms with Crippen molar-refractivity contribution < 1.29 is 13.9 Å². The number of methoxy groups -OCH3 is 1. The Kier molecular flexibility index (Phi) is 3.63. The summed E-state index contributed by atoms with van der Waals surface area (Å²) in [6.07, 6.45) is 0.707. The van der Waals surface area contributed by atoms with E-state index < -0.39 is 11.8 Å². The number of rotatable bonds is 2. The van der Waals surface area contributed by atoms with Crippen molar-refractivity contribution in [1.82, 2.24) is 0 Å². The zero-order valence-corrected chi connectivity index (χ0v) is 9.52. The van der Waals surface area contributed by atoms with Crippen molar-refractivity contribution in [1.29, 1.82) is 0 Å². The third-order valence-electron chi connectivity index (χ3n) is 1.92. The Morgan fingerprint density at radius 1 is 1.57 bits per heavy atom. The highest BCUT2D eigenvalue weighted by Crippen LogP contribution is 2.22. The van der Waals surface area contributed by atoms with Gasteiger partial charge in [0.1, 0.15) is 5.82 Å². The maximum absolute atomic E-state index is 13.3. The standard InChI is InChI=1S/C10H10BrFO2/c1-3-6-4-9(12)7(5-8(6)11)10(13)14-2/h4-5H,3H2,1-2H3. The van der Waals surface area contributed by atoms with Gasteiger partial charge in [0.25, 0.3) is 0 Å². The molecule has 76 valence electrons. The summed E-state index contributed by atoms with van der Waals surface area (Å²) in [4.78, 5) is 11.1. The molecule has 0 aliphatic carbocycles. The minimum absolute atomic E-state index is 0.0448. The summed E-state index contributed by atoms with van der Waals surface area (Å²) < 4.78 is 18.5. The van der Waals surface area contributed by atoms with Crippen LogP contribution < -0.4 is 0 Å². The lowest BCUT2D eigenvalue weighted by Crippen LogP contribution is -2.05. The second-order valence-corrected chi connectivity index (χ2v) is 3.62. The number of ether oxygens (including phenoxy) is 1. The van der Waals surface area contributed by atoms with Crippen molar-refractivity contribution in [2.75, 3.05) is 7.11 Å². The molecule has 0 aliphatic rings. The predicted octanol–water partition coefficient (Wildman–Crippen LogP) is 2.94. The smallest absolute Gasteiger partial charge is 0.340 e. The molecule has 0 saturated carbocycles. The van der Waals surface area contributed by atoms with Gasteiger partial charge < -0.3 is 4.74 Å². The molecule has 0 atom stereocenters. The molecule has 0 radical (unpaired) electrons. The molecule has 0 amide bonds. The highest BCUT2D eigenvalue weighted by atomic mass is 79.9. The first-order chi connectivity index (χ1) is 6.60. The fraction of sp³-hybridized carbons (Fsp3) is 0.300. The molecule has 0 heterocycles. The van der Waals surface area contributed by atoms with E-state index in [0.717, 1.165) is 10.0 Å². The topological polar surface area (TPSA) is 26.3 Å². The molecular formula is C10H10BrFO2. The number of hydrogen-bond donors (Lipinski definition) is 0. The van der Waals surface area contributed by atoms with Gasteiger partial charge in [-0.1, -0.05) is 22.9 Å². The van der Waals surface area contributed by atoms with Crippen molar-refractivity contribution >= 4 is 21.9 Å². The SMILES string of the molecule is CCc1cc(F)c(C(=O)OC)cc1Br.